The number of hydrogen-bond acceptors (Lipinski definition) is 4. The van der Waals surface area contributed by atoms with Gasteiger partial charge in [-0.1, -0.05) is 0 Å². The van der Waals surface area contributed by atoms with E-state index >= 15 is 0 Å². The van der Waals surface area contributed by atoms with Gasteiger partial charge in [0.15, 0.2) is 0 Å². The first-order valence-corrected chi connectivity index (χ1v) is 6.51. The monoisotopic (exact) mass is 264 g/mol. The van der Waals surface area contributed by atoms with Crippen molar-refractivity contribution in [3.8, 4) is 5.75 Å². The van der Waals surface area contributed by atoms with Gasteiger partial charge in [0.05, 0.1) is 12.7 Å². The van der Waals surface area contributed by atoms with Gasteiger partial charge in [0.2, 0.25) is 0 Å². The Morgan fingerprint density at radius 1 is 1.42 bits per heavy atom. The van der Waals surface area contributed by atoms with Crippen molar-refractivity contribution in [1.82, 2.24) is 0 Å². The number of hydrogen-bond donors (Lipinski definition) is 1. The summed E-state index contributed by atoms with van der Waals surface area (Å²) in [7, 11) is 0. The van der Waals surface area contributed by atoms with Gasteiger partial charge in [-0.2, -0.15) is 0 Å². The molecule has 1 aliphatic rings. The number of anilines is 1. The molecule has 5 nitrogen and oxygen atoms in total. The van der Waals surface area contributed by atoms with Gasteiger partial charge in [-0.05, 0) is 38.1 Å². The normalized spacial score (nSPS) is 19.9. The number of nitrogens with zero attached hydrogens (tertiary/aromatic N) is 1. The molecule has 1 atom stereocenters. The van der Waals surface area contributed by atoms with Gasteiger partial charge in [-0.3, -0.25) is 4.79 Å². The highest BCUT2D eigenvalue weighted by molar-refractivity contribution is 5.97. The lowest BCUT2D eigenvalue weighted by Crippen LogP contribution is -2.50. The molecule has 1 fully saturated rings. The molecule has 1 aromatic rings. The van der Waals surface area contributed by atoms with E-state index in [-0.39, 0.29) is 18.6 Å². The maximum absolute atomic E-state index is 12.1. The molecule has 5 heteroatoms. The van der Waals surface area contributed by atoms with Gasteiger partial charge in [-0.15, -0.1) is 0 Å². The summed E-state index contributed by atoms with van der Waals surface area (Å²) in [6.07, 6.45) is -0.391. The van der Waals surface area contributed by atoms with Crippen LogP contribution in [-0.2, 0) is 9.53 Å². The van der Waals surface area contributed by atoms with Crippen LogP contribution in [0.1, 0.15) is 13.8 Å². The average Bonchev–Trinajstić information content (AvgIpc) is 2.39. The smallest absolute Gasteiger partial charge is 0.257 e. The van der Waals surface area contributed by atoms with Crippen LogP contribution in [0.3, 0.4) is 0 Å². The van der Waals surface area contributed by atoms with Crippen LogP contribution in [0.4, 0.5) is 5.69 Å². The lowest BCUT2D eigenvalue weighted by atomic mass is 10.2. The first-order chi connectivity index (χ1) is 9.11. The summed E-state index contributed by atoms with van der Waals surface area (Å²) in [5.41, 5.74) is 6.37. The van der Waals surface area contributed by atoms with E-state index in [4.69, 9.17) is 15.2 Å². The van der Waals surface area contributed by atoms with E-state index < -0.39 is 6.10 Å². The molecule has 1 unspecified atom stereocenters. The van der Waals surface area contributed by atoms with E-state index in [0.717, 1.165) is 11.4 Å². The molecular formula is C14H20N2O3. The maximum atomic E-state index is 12.1. The summed E-state index contributed by atoms with van der Waals surface area (Å²) in [6.45, 7) is 5.23. The molecule has 0 spiro atoms. The molecule has 1 heterocycles. The van der Waals surface area contributed by atoms with Crippen LogP contribution in [0.2, 0.25) is 0 Å². The second-order valence-corrected chi connectivity index (χ2v) is 4.75. The van der Waals surface area contributed by atoms with E-state index in [1.165, 1.54) is 0 Å². The number of nitrogens with two attached hydrogens (primary N) is 1. The molecule has 2 N–H and O–H groups in total. The second-order valence-electron chi connectivity index (χ2n) is 4.75. The topological polar surface area (TPSA) is 64.8 Å². The van der Waals surface area contributed by atoms with Crippen molar-refractivity contribution in [2.75, 3.05) is 24.6 Å². The second kappa shape index (κ2) is 6.04. The Hall–Kier alpha value is -1.59. The van der Waals surface area contributed by atoms with Crippen LogP contribution >= 0.6 is 0 Å². The van der Waals surface area contributed by atoms with E-state index in [9.17, 15) is 4.79 Å². The van der Waals surface area contributed by atoms with Crippen molar-refractivity contribution < 1.29 is 14.3 Å². The van der Waals surface area contributed by atoms with Crippen molar-refractivity contribution in [2.45, 2.75) is 26.1 Å². The van der Waals surface area contributed by atoms with Gasteiger partial charge in [-0.25, -0.2) is 0 Å². The summed E-state index contributed by atoms with van der Waals surface area (Å²) in [5.74, 6) is 0.723. The molecule has 19 heavy (non-hydrogen) atoms. The highest BCUT2D eigenvalue weighted by Crippen LogP contribution is 2.22. The van der Waals surface area contributed by atoms with E-state index in [1.807, 2.05) is 38.1 Å². The van der Waals surface area contributed by atoms with Crippen molar-refractivity contribution in [3.63, 3.8) is 0 Å². The third kappa shape index (κ3) is 3.24. The van der Waals surface area contributed by atoms with Gasteiger partial charge in [0.1, 0.15) is 11.9 Å². The molecule has 0 bridgehead atoms. The Labute approximate surface area is 113 Å². The molecule has 104 valence electrons. The average molecular weight is 264 g/mol. The zero-order valence-electron chi connectivity index (χ0n) is 11.3. The standard InChI is InChI=1S/C14H20N2O3/c1-10(2)19-12-5-3-11(4-6-12)16-7-8-18-13(9-15)14(16)17/h3-6,10,13H,7-9,15H2,1-2H3. The number of ether oxygens (including phenoxy) is 2. The highest BCUT2D eigenvalue weighted by atomic mass is 16.5. The fraction of sp³-hybridized carbons (Fsp3) is 0.500. The van der Waals surface area contributed by atoms with E-state index in [0.29, 0.717) is 13.2 Å². The van der Waals surface area contributed by atoms with Crippen LogP contribution in [0.25, 0.3) is 0 Å². The first kappa shape index (κ1) is 13.8. The number of carbonyl (C=O) groups excluding carboxylic acids is 1. The summed E-state index contributed by atoms with van der Waals surface area (Å²) in [4.78, 5) is 13.8. The van der Waals surface area contributed by atoms with Crippen LogP contribution in [0.5, 0.6) is 5.75 Å². The van der Waals surface area contributed by atoms with Crippen LogP contribution in [0, 0.1) is 0 Å². The predicted octanol–water partition coefficient (Wildman–Crippen LogP) is 1.16. The van der Waals surface area contributed by atoms with Gasteiger partial charge >= 0.3 is 0 Å². The number of carbonyl (C=O) groups is 1. The SMILES string of the molecule is CC(C)Oc1ccc(N2CCOC(CN)C2=O)cc1. The third-order valence-corrected chi connectivity index (χ3v) is 2.91. The zero-order valence-corrected chi connectivity index (χ0v) is 11.3. The fourth-order valence-electron chi connectivity index (χ4n) is 2.04. The van der Waals surface area contributed by atoms with Crippen molar-refractivity contribution >= 4 is 11.6 Å². The van der Waals surface area contributed by atoms with Gasteiger partial charge < -0.3 is 20.1 Å². The molecule has 0 aliphatic carbocycles. The third-order valence-electron chi connectivity index (χ3n) is 2.91. The molecule has 0 aromatic heterocycles. The van der Waals surface area contributed by atoms with Gasteiger partial charge in [0, 0.05) is 18.8 Å². The van der Waals surface area contributed by atoms with E-state index in [1.54, 1.807) is 4.90 Å². The molecule has 1 aromatic carbocycles. The zero-order chi connectivity index (χ0) is 13.8. The predicted molar refractivity (Wildman–Crippen MR) is 73.4 cm³/mol. The molecule has 1 amide bonds. The number of morpholine rings is 1. The molecule has 1 aliphatic heterocycles. The minimum absolute atomic E-state index is 0.0775. The Balaban J connectivity index is 2.11. The Morgan fingerprint density at radius 3 is 2.68 bits per heavy atom. The highest BCUT2D eigenvalue weighted by Gasteiger charge is 2.29. The minimum Gasteiger partial charge on any atom is -0.491 e. The van der Waals surface area contributed by atoms with Crippen molar-refractivity contribution in [2.24, 2.45) is 5.73 Å². The summed E-state index contributed by atoms with van der Waals surface area (Å²) in [5, 5.41) is 0. The summed E-state index contributed by atoms with van der Waals surface area (Å²) >= 11 is 0. The van der Waals surface area contributed by atoms with Crippen molar-refractivity contribution in [1.29, 1.82) is 0 Å². The molecule has 0 saturated carbocycles. The Kier molecular flexibility index (Phi) is 4.39. The van der Waals surface area contributed by atoms with Crippen LogP contribution in [-0.4, -0.2) is 37.8 Å². The molecule has 1 saturated heterocycles. The number of benzene rings is 1. The van der Waals surface area contributed by atoms with Crippen LogP contribution in [0.15, 0.2) is 24.3 Å². The first-order valence-electron chi connectivity index (χ1n) is 6.51. The fourth-order valence-corrected chi connectivity index (χ4v) is 2.04. The van der Waals surface area contributed by atoms with E-state index in [2.05, 4.69) is 0 Å². The number of amides is 1. The van der Waals surface area contributed by atoms with Crippen LogP contribution < -0.4 is 15.4 Å². The number of rotatable bonds is 4. The summed E-state index contributed by atoms with van der Waals surface area (Å²) < 4.78 is 10.9. The lowest BCUT2D eigenvalue weighted by molar-refractivity contribution is -0.133. The van der Waals surface area contributed by atoms with Gasteiger partial charge in [0.25, 0.3) is 5.91 Å². The molecule has 2 rings (SSSR count). The minimum atomic E-state index is -0.527. The summed E-state index contributed by atoms with van der Waals surface area (Å²) in [6, 6.07) is 7.51. The molecule has 0 radical (unpaired) electrons. The largest absolute Gasteiger partial charge is 0.491 e. The Bertz CT molecular complexity index is 431. The van der Waals surface area contributed by atoms with Crippen molar-refractivity contribution in [3.05, 3.63) is 24.3 Å². The quantitative estimate of drug-likeness (QED) is 0.886. The maximum Gasteiger partial charge on any atom is 0.257 e. The Morgan fingerprint density at radius 2 is 2.11 bits per heavy atom. The molecular weight excluding hydrogens is 244 g/mol. The lowest BCUT2D eigenvalue weighted by Gasteiger charge is -2.32.